The first-order chi connectivity index (χ1) is 9.27. The minimum absolute atomic E-state index is 0.0238. The molecule has 1 atom stereocenters. The predicted molar refractivity (Wildman–Crippen MR) is 77.9 cm³/mol. The monoisotopic (exact) mass is 270 g/mol. The van der Waals surface area contributed by atoms with Crippen molar-refractivity contribution in [1.82, 2.24) is 5.32 Å². The molecule has 1 amide bonds. The Hall–Kier alpha value is -0.610. The summed E-state index contributed by atoms with van der Waals surface area (Å²) in [6.45, 7) is 3.98. The second-order valence-electron chi connectivity index (χ2n) is 5.50. The summed E-state index contributed by atoms with van der Waals surface area (Å²) in [7, 11) is 0. The van der Waals surface area contributed by atoms with E-state index in [4.69, 9.17) is 10.5 Å². The average Bonchev–Trinajstić information content (AvgIpc) is 2.45. The van der Waals surface area contributed by atoms with Crippen LogP contribution in [-0.2, 0) is 9.53 Å². The summed E-state index contributed by atoms with van der Waals surface area (Å²) in [6.07, 6.45) is 9.60. The van der Waals surface area contributed by atoms with Crippen molar-refractivity contribution >= 4 is 5.91 Å². The van der Waals surface area contributed by atoms with Gasteiger partial charge in [-0.1, -0.05) is 32.6 Å². The zero-order valence-corrected chi connectivity index (χ0v) is 12.3. The highest BCUT2D eigenvalue weighted by Gasteiger charge is 2.15. The van der Waals surface area contributed by atoms with E-state index in [-0.39, 0.29) is 11.8 Å². The van der Waals surface area contributed by atoms with E-state index in [1.807, 2.05) is 0 Å². The van der Waals surface area contributed by atoms with Gasteiger partial charge in [0.05, 0.1) is 12.0 Å². The molecule has 1 aliphatic carbocycles. The quantitative estimate of drug-likeness (QED) is 0.631. The highest BCUT2D eigenvalue weighted by molar-refractivity contribution is 5.78. The van der Waals surface area contributed by atoms with Crippen LogP contribution < -0.4 is 11.1 Å². The number of hydrogen-bond donors (Lipinski definition) is 2. The molecule has 0 aliphatic heterocycles. The minimum Gasteiger partial charge on any atom is -0.378 e. The fourth-order valence-corrected chi connectivity index (χ4v) is 2.61. The van der Waals surface area contributed by atoms with Crippen molar-refractivity contribution in [1.29, 1.82) is 0 Å². The molecular weight excluding hydrogens is 240 g/mol. The van der Waals surface area contributed by atoms with E-state index >= 15 is 0 Å². The number of carbonyl (C=O) groups is 1. The van der Waals surface area contributed by atoms with E-state index in [0.717, 1.165) is 25.9 Å². The second-order valence-corrected chi connectivity index (χ2v) is 5.50. The Labute approximate surface area is 117 Å². The van der Waals surface area contributed by atoms with Gasteiger partial charge in [-0.15, -0.1) is 0 Å². The number of nitrogens with one attached hydrogen (secondary N) is 1. The maximum absolute atomic E-state index is 11.8. The van der Waals surface area contributed by atoms with Crippen LogP contribution in [0.3, 0.4) is 0 Å². The van der Waals surface area contributed by atoms with Crippen LogP contribution in [0.1, 0.15) is 58.3 Å². The molecule has 4 heteroatoms. The van der Waals surface area contributed by atoms with Crippen LogP contribution in [0.5, 0.6) is 0 Å². The third-order valence-electron chi connectivity index (χ3n) is 3.82. The highest BCUT2D eigenvalue weighted by atomic mass is 16.5. The summed E-state index contributed by atoms with van der Waals surface area (Å²) >= 11 is 0. The van der Waals surface area contributed by atoms with Gasteiger partial charge in [-0.05, 0) is 25.7 Å². The number of hydrogen-bond acceptors (Lipinski definition) is 3. The SMILES string of the molecule is CCCC(CN)C(=O)NCCCOC1CCCCC1. The highest BCUT2D eigenvalue weighted by Crippen LogP contribution is 2.20. The molecular formula is C15H30N2O2. The maximum Gasteiger partial charge on any atom is 0.224 e. The van der Waals surface area contributed by atoms with E-state index in [2.05, 4.69) is 12.2 Å². The van der Waals surface area contributed by atoms with Crippen LogP contribution in [0.4, 0.5) is 0 Å². The summed E-state index contributed by atoms with van der Waals surface area (Å²) in [5.41, 5.74) is 5.60. The molecule has 0 spiro atoms. The fraction of sp³-hybridized carbons (Fsp3) is 0.933. The lowest BCUT2D eigenvalue weighted by molar-refractivity contribution is -0.124. The van der Waals surface area contributed by atoms with E-state index in [0.29, 0.717) is 19.2 Å². The van der Waals surface area contributed by atoms with Gasteiger partial charge < -0.3 is 15.8 Å². The lowest BCUT2D eigenvalue weighted by Gasteiger charge is -2.22. The zero-order chi connectivity index (χ0) is 13.9. The smallest absolute Gasteiger partial charge is 0.224 e. The number of rotatable bonds is 9. The Morgan fingerprint density at radius 2 is 2.11 bits per heavy atom. The van der Waals surface area contributed by atoms with Crippen LogP contribution in [0.2, 0.25) is 0 Å². The maximum atomic E-state index is 11.8. The fourth-order valence-electron chi connectivity index (χ4n) is 2.61. The van der Waals surface area contributed by atoms with E-state index < -0.39 is 0 Å². The van der Waals surface area contributed by atoms with Gasteiger partial charge in [0.15, 0.2) is 0 Å². The molecule has 1 rings (SSSR count). The zero-order valence-electron chi connectivity index (χ0n) is 12.3. The van der Waals surface area contributed by atoms with Gasteiger partial charge in [0.1, 0.15) is 0 Å². The largest absolute Gasteiger partial charge is 0.378 e. The van der Waals surface area contributed by atoms with Crippen LogP contribution in [0, 0.1) is 5.92 Å². The first-order valence-electron chi connectivity index (χ1n) is 7.87. The molecule has 1 unspecified atom stereocenters. The van der Waals surface area contributed by atoms with Crippen LogP contribution >= 0.6 is 0 Å². The second kappa shape index (κ2) is 10.2. The van der Waals surface area contributed by atoms with Gasteiger partial charge in [-0.25, -0.2) is 0 Å². The van der Waals surface area contributed by atoms with Gasteiger partial charge in [0, 0.05) is 19.7 Å². The van der Waals surface area contributed by atoms with Gasteiger partial charge in [0.25, 0.3) is 0 Å². The average molecular weight is 270 g/mol. The Morgan fingerprint density at radius 3 is 2.74 bits per heavy atom. The third kappa shape index (κ3) is 6.92. The summed E-state index contributed by atoms with van der Waals surface area (Å²) < 4.78 is 5.82. The van der Waals surface area contributed by atoms with Crippen LogP contribution in [0.15, 0.2) is 0 Å². The van der Waals surface area contributed by atoms with Crippen molar-refractivity contribution in [3.05, 3.63) is 0 Å². The molecule has 112 valence electrons. The lowest BCUT2D eigenvalue weighted by atomic mass is 9.98. The molecule has 3 N–H and O–H groups in total. The molecule has 0 aromatic rings. The summed E-state index contributed by atoms with van der Waals surface area (Å²) in [5.74, 6) is 0.0753. The molecule has 4 nitrogen and oxygen atoms in total. The van der Waals surface area contributed by atoms with Crippen molar-refractivity contribution in [3.63, 3.8) is 0 Å². The molecule has 0 aromatic carbocycles. The molecule has 0 aromatic heterocycles. The lowest BCUT2D eigenvalue weighted by Crippen LogP contribution is -2.35. The topological polar surface area (TPSA) is 64.4 Å². The van der Waals surface area contributed by atoms with E-state index in [1.54, 1.807) is 0 Å². The van der Waals surface area contributed by atoms with Crippen LogP contribution in [0.25, 0.3) is 0 Å². The van der Waals surface area contributed by atoms with Crippen molar-refractivity contribution in [3.8, 4) is 0 Å². The van der Waals surface area contributed by atoms with Gasteiger partial charge in [-0.3, -0.25) is 4.79 Å². The van der Waals surface area contributed by atoms with Gasteiger partial charge in [-0.2, -0.15) is 0 Å². The van der Waals surface area contributed by atoms with Crippen molar-refractivity contribution < 1.29 is 9.53 Å². The molecule has 0 radical (unpaired) electrons. The number of carbonyl (C=O) groups excluding carboxylic acids is 1. The Bertz CT molecular complexity index is 240. The molecule has 1 fully saturated rings. The van der Waals surface area contributed by atoms with E-state index in [9.17, 15) is 4.79 Å². The number of amides is 1. The van der Waals surface area contributed by atoms with Gasteiger partial charge in [0.2, 0.25) is 5.91 Å². The number of nitrogens with two attached hydrogens (primary N) is 1. The molecule has 19 heavy (non-hydrogen) atoms. The standard InChI is InChI=1S/C15H30N2O2/c1-2-7-13(12-16)15(18)17-10-6-11-19-14-8-4-3-5-9-14/h13-14H,2-12,16H2,1H3,(H,17,18). The molecule has 0 bridgehead atoms. The van der Waals surface area contributed by atoms with Crippen molar-refractivity contribution in [2.75, 3.05) is 19.7 Å². The molecule has 0 heterocycles. The molecule has 1 aliphatic rings. The summed E-state index contributed by atoms with van der Waals surface area (Å²) in [5, 5.41) is 2.96. The molecule has 1 saturated carbocycles. The summed E-state index contributed by atoms with van der Waals surface area (Å²) in [4.78, 5) is 11.8. The van der Waals surface area contributed by atoms with Crippen molar-refractivity contribution in [2.45, 2.75) is 64.4 Å². The van der Waals surface area contributed by atoms with Crippen LogP contribution in [-0.4, -0.2) is 31.7 Å². The number of ether oxygens (including phenoxy) is 1. The van der Waals surface area contributed by atoms with Gasteiger partial charge >= 0.3 is 0 Å². The minimum atomic E-state index is -0.0238. The first kappa shape index (κ1) is 16.4. The van der Waals surface area contributed by atoms with E-state index in [1.165, 1.54) is 32.1 Å². The normalized spacial score (nSPS) is 18.2. The van der Waals surface area contributed by atoms with Crippen molar-refractivity contribution in [2.24, 2.45) is 11.7 Å². The first-order valence-corrected chi connectivity index (χ1v) is 7.87. The Kier molecular flexibility index (Phi) is 8.84. The third-order valence-corrected chi connectivity index (χ3v) is 3.82. The molecule has 0 saturated heterocycles. The Balaban J connectivity index is 2.01. The Morgan fingerprint density at radius 1 is 1.37 bits per heavy atom. The predicted octanol–water partition coefficient (Wildman–Crippen LogP) is 2.22. The summed E-state index contributed by atoms with van der Waals surface area (Å²) in [6, 6.07) is 0.